The van der Waals surface area contributed by atoms with E-state index in [1.807, 2.05) is 30.5 Å². The van der Waals surface area contributed by atoms with Crippen molar-refractivity contribution in [1.29, 1.82) is 0 Å². The minimum absolute atomic E-state index is 0.00967. The third-order valence-electron chi connectivity index (χ3n) is 5.25. The van der Waals surface area contributed by atoms with Gasteiger partial charge in [-0.3, -0.25) is 14.5 Å². The molecule has 0 aliphatic carbocycles. The lowest BCUT2D eigenvalue weighted by molar-refractivity contribution is -0.131. The number of nitrogens with zero attached hydrogens (tertiary/aromatic N) is 4. The fourth-order valence-corrected chi connectivity index (χ4v) is 4.38. The predicted molar refractivity (Wildman–Crippen MR) is 108 cm³/mol. The molecule has 1 fully saturated rings. The maximum absolute atomic E-state index is 12.9. The van der Waals surface area contributed by atoms with Crippen LogP contribution in [-0.4, -0.2) is 65.1 Å². The Morgan fingerprint density at radius 3 is 2.68 bits per heavy atom. The number of urea groups is 1. The van der Waals surface area contributed by atoms with Gasteiger partial charge in [-0.15, -0.1) is 11.8 Å². The van der Waals surface area contributed by atoms with Crippen molar-refractivity contribution in [2.24, 2.45) is 15.9 Å². The highest BCUT2D eigenvalue weighted by Crippen LogP contribution is 2.27. The van der Waals surface area contributed by atoms with E-state index in [1.165, 1.54) is 11.1 Å². The highest BCUT2D eigenvalue weighted by atomic mass is 32.2. The summed E-state index contributed by atoms with van der Waals surface area (Å²) in [5.74, 6) is -0.615. The van der Waals surface area contributed by atoms with Gasteiger partial charge in [0.05, 0.1) is 5.56 Å². The molecule has 0 aromatic heterocycles. The number of benzene rings is 1. The molecule has 1 aromatic rings. The Bertz CT molecular complexity index is 916. The highest BCUT2D eigenvalue weighted by Gasteiger charge is 2.41. The zero-order valence-electron chi connectivity index (χ0n) is 15.4. The van der Waals surface area contributed by atoms with Gasteiger partial charge >= 0.3 is 6.03 Å². The SMILES string of the molecule is CSc1ccccc1C(=O)N1CCC(N2C(=O)N=C3N=CC=CC3C2=O)CC1. The van der Waals surface area contributed by atoms with Gasteiger partial charge in [-0.05, 0) is 37.3 Å². The zero-order valence-corrected chi connectivity index (χ0v) is 16.3. The van der Waals surface area contributed by atoms with Gasteiger partial charge in [0.15, 0.2) is 0 Å². The average Bonchev–Trinajstić information content (AvgIpc) is 2.73. The molecule has 0 radical (unpaired) electrons. The van der Waals surface area contributed by atoms with E-state index in [0.29, 0.717) is 31.5 Å². The number of amides is 4. The van der Waals surface area contributed by atoms with E-state index in [0.717, 1.165) is 4.90 Å². The van der Waals surface area contributed by atoms with Crippen molar-refractivity contribution < 1.29 is 14.4 Å². The fraction of sp³-hybridized carbons (Fsp3) is 0.350. The van der Waals surface area contributed by atoms with Gasteiger partial charge in [-0.2, -0.15) is 4.99 Å². The summed E-state index contributed by atoms with van der Waals surface area (Å²) in [7, 11) is 0. The van der Waals surface area contributed by atoms with Crippen molar-refractivity contribution in [3.63, 3.8) is 0 Å². The molecule has 0 spiro atoms. The summed E-state index contributed by atoms with van der Waals surface area (Å²) in [4.78, 5) is 50.1. The number of carbonyl (C=O) groups excluding carboxylic acids is 3. The first-order chi connectivity index (χ1) is 13.6. The second-order valence-electron chi connectivity index (χ2n) is 6.83. The number of carbonyl (C=O) groups is 3. The molecule has 144 valence electrons. The number of fused-ring (bicyclic) bond motifs is 1. The van der Waals surface area contributed by atoms with Crippen LogP contribution in [-0.2, 0) is 4.79 Å². The molecule has 4 amide bonds. The van der Waals surface area contributed by atoms with Crippen molar-refractivity contribution in [1.82, 2.24) is 9.80 Å². The second-order valence-corrected chi connectivity index (χ2v) is 7.67. The molecule has 4 rings (SSSR count). The average molecular weight is 396 g/mol. The van der Waals surface area contributed by atoms with Gasteiger partial charge in [0, 0.05) is 30.2 Å². The van der Waals surface area contributed by atoms with Gasteiger partial charge < -0.3 is 4.90 Å². The molecule has 1 aromatic carbocycles. The molecule has 1 saturated heterocycles. The van der Waals surface area contributed by atoms with E-state index in [2.05, 4.69) is 9.98 Å². The third-order valence-corrected chi connectivity index (χ3v) is 6.04. The Morgan fingerprint density at radius 2 is 1.93 bits per heavy atom. The maximum atomic E-state index is 12.9. The molecule has 28 heavy (non-hydrogen) atoms. The number of hydrogen-bond acceptors (Lipinski definition) is 5. The number of piperidine rings is 1. The second kappa shape index (κ2) is 7.71. The number of hydrogen-bond donors (Lipinski definition) is 0. The molecule has 3 heterocycles. The van der Waals surface area contributed by atoms with Crippen LogP contribution in [0, 0.1) is 5.92 Å². The van der Waals surface area contributed by atoms with E-state index in [1.54, 1.807) is 28.8 Å². The number of aliphatic imine (C=N–C) groups is 2. The van der Waals surface area contributed by atoms with Crippen molar-refractivity contribution >= 4 is 41.7 Å². The van der Waals surface area contributed by atoms with E-state index in [4.69, 9.17) is 0 Å². The number of thioether (sulfide) groups is 1. The normalized spacial score (nSPS) is 22.3. The van der Waals surface area contributed by atoms with E-state index >= 15 is 0 Å². The Morgan fingerprint density at radius 1 is 1.18 bits per heavy atom. The summed E-state index contributed by atoms with van der Waals surface area (Å²) in [6.07, 6.45) is 7.99. The molecule has 1 unspecified atom stereocenters. The van der Waals surface area contributed by atoms with Gasteiger partial charge in [-0.1, -0.05) is 18.2 Å². The summed E-state index contributed by atoms with van der Waals surface area (Å²) in [5, 5.41) is 0. The lowest BCUT2D eigenvalue weighted by Crippen LogP contribution is -2.54. The molecule has 7 nitrogen and oxygen atoms in total. The van der Waals surface area contributed by atoms with Gasteiger partial charge in [-0.25, -0.2) is 9.79 Å². The molecule has 8 heteroatoms. The molecule has 0 N–H and O–H groups in total. The molecule has 3 aliphatic rings. The number of rotatable bonds is 3. The standard InChI is InChI=1S/C20H20N4O3S/c1-28-16-7-3-2-5-14(16)18(25)23-11-8-13(9-12-23)24-19(26)15-6-4-10-21-17(15)22-20(24)27/h2-7,10,13,15H,8-9,11-12H2,1H3. The quantitative estimate of drug-likeness (QED) is 0.736. The fourth-order valence-electron chi connectivity index (χ4n) is 3.79. The summed E-state index contributed by atoms with van der Waals surface area (Å²) in [6.45, 7) is 0.997. The van der Waals surface area contributed by atoms with Crippen LogP contribution in [0.25, 0.3) is 0 Å². The third kappa shape index (κ3) is 3.28. The molecule has 3 aliphatic heterocycles. The van der Waals surface area contributed by atoms with Crippen molar-refractivity contribution in [2.75, 3.05) is 19.3 Å². The monoisotopic (exact) mass is 396 g/mol. The zero-order chi connectivity index (χ0) is 19.7. The van der Waals surface area contributed by atoms with Crippen molar-refractivity contribution in [3.8, 4) is 0 Å². The first kappa shape index (κ1) is 18.6. The molecule has 0 bridgehead atoms. The lowest BCUT2D eigenvalue weighted by Gasteiger charge is -2.39. The van der Waals surface area contributed by atoms with E-state index < -0.39 is 11.9 Å². The topological polar surface area (TPSA) is 82.4 Å². The number of amidine groups is 1. The Labute approximate surface area is 167 Å². The van der Waals surface area contributed by atoms with Crippen LogP contribution in [0.5, 0.6) is 0 Å². The van der Waals surface area contributed by atoms with Crippen LogP contribution in [0.4, 0.5) is 4.79 Å². The first-order valence-electron chi connectivity index (χ1n) is 9.19. The molecular formula is C20H20N4O3S. The van der Waals surface area contributed by atoms with Crippen LogP contribution in [0.2, 0.25) is 0 Å². The summed E-state index contributed by atoms with van der Waals surface area (Å²) < 4.78 is 0. The Hall–Kier alpha value is -2.74. The molecule has 0 saturated carbocycles. The smallest absolute Gasteiger partial charge is 0.338 e. The van der Waals surface area contributed by atoms with Crippen molar-refractivity contribution in [2.45, 2.75) is 23.8 Å². The number of allylic oxidation sites excluding steroid dienone is 1. The molecule has 1 atom stereocenters. The van der Waals surface area contributed by atoms with Crippen molar-refractivity contribution in [3.05, 3.63) is 42.0 Å². The van der Waals surface area contributed by atoms with Crippen LogP contribution < -0.4 is 0 Å². The van der Waals surface area contributed by atoms with E-state index in [9.17, 15) is 14.4 Å². The summed E-state index contributed by atoms with van der Waals surface area (Å²) in [6, 6.07) is 6.75. The van der Waals surface area contributed by atoms with Crippen LogP contribution in [0.15, 0.2) is 51.3 Å². The lowest BCUT2D eigenvalue weighted by atomic mass is 9.97. The predicted octanol–water partition coefficient (Wildman–Crippen LogP) is 2.63. The molecular weight excluding hydrogens is 376 g/mol. The number of imide groups is 1. The summed E-state index contributed by atoms with van der Waals surface area (Å²) >= 11 is 1.54. The maximum Gasteiger partial charge on any atom is 0.352 e. The van der Waals surface area contributed by atoms with Gasteiger partial charge in [0.1, 0.15) is 11.8 Å². The minimum Gasteiger partial charge on any atom is -0.338 e. The minimum atomic E-state index is -0.587. The van der Waals surface area contributed by atoms with Gasteiger partial charge in [0.2, 0.25) is 5.91 Å². The Balaban J connectivity index is 1.46. The number of dihydropyridines is 1. The van der Waals surface area contributed by atoms with Crippen LogP contribution >= 0.6 is 11.8 Å². The summed E-state index contributed by atoms with van der Waals surface area (Å²) in [5.41, 5.74) is 0.693. The van der Waals surface area contributed by atoms with Crippen LogP contribution in [0.1, 0.15) is 23.2 Å². The Kier molecular flexibility index (Phi) is 5.13. The number of likely N-dealkylation sites (tertiary alicyclic amines) is 1. The largest absolute Gasteiger partial charge is 0.352 e. The van der Waals surface area contributed by atoms with E-state index in [-0.39, 0.29) is 23.7 Å². The highest BCUT2D eigenvalue weighted by molar-refractivity contribution is 7.98. The van der Waals surface area contributed by atoms with Crippen LogP contribution in [0.3, 0.4) is 0 Å². The van der Waals surface area contributed by atoms with Gasteiger partial charge in [0.25, 0.3) is 5.91 Å². The first-order valence-corrected chi connectivity index (χ1v) is 10.4.